The molecule has 0 saturated heterocycles. The summed E-state index contributed by atoms with van der Waals surface area (Å²) in [6, 6.07) is 0. The summed E-state index contributed by atoms with van der Waals surface area (Å²) in [7, 11) is -13.9. The first kappa shape index (κ1) is 32.3. The molecule has 0 aromatic carbocycles. The first-order valence-corrected chi connectivity index (χ1v) is 9.03. The van der Waals surface area contributed by atoms with E-state index < -0.39 is 37.7 Å². The second-order valence-electron chi connectivity index (χ2n) is 2.49. The van der Waals surface area contributed by atoms with Crippen molar-refractivity contribution in [1.82, 2.24) is 0 Å². The Morgan fingerprint density at radius 2 is 0.800 bits per heavy atom. The van der Waals surface area contributed by atoms with Gasteiger partial charge >= 0.3 is 26.3 Å². The third-order valence-corrected chi connectivity index (χ3v) is 0. The van der Waals surface area contributed by atoms with Crippen LogP contribution in [0.1, 0.15) is 0 Å². The van der Waals surface area contributed by atoms with Gasteiger partial charge in [0.25, 0.3) is 30.4 Å². The van der Waals surface area contributed by atoms with Crippen LogP contribution >= 0.6 is 0 Å². The molecule has 0 amide bonds. The van der Waals surface area contributed by atoms with Gasteiger partial charge < -0.3 is 14.4 Å². The summed E-state index contributed by atoms with van der Waals surface area (Å²) in [5, 5.41) is 15.2. The second-order valence-corrected chi connectivity index (χ2v) is 6.89. The van der Waals surface area contributed by atoms with Crippen molar-refractivity contribution in [2.75, 3.05) is 18.8 Å². The minimum absolute atomic E-state index is 0. The average molecular weight is 358 g/mol. The Kier molecular flexibility index (Phi) is 22.9. The van der Waals surface area contributed by atoms with Crippen LogP contribution in [0.5, 0.6) is 0 Å². The fourth-order valence-electron chi connectivity index (χ4n) is 0. The van der Waals surface area contributed by atoms with Crippen molar-refractivity contribution in [3.05, 3.63) is 0 Å². The first-order valence-electron chi connectivity index (χ1n) is 3.48. The molecule has 0 heterocycles. The Bertz CT molecular complexity index is 397. The molecular weight excluding hydrogens is 345 g/mol. The van der Waals surface area contributed by atoms with E-state index in [0.29, 0.717) is 18.8 Å². The third kappa shape index (κ3) is 92300. The molecular formula is C3H13BFLiO11S3. The second kappa shape index (κ2) is 14.2. The van der Waals surface area contributed by atoms with Gasteiger partial charge in [-0.1, -0.05) is 0 Å². The van der Waals surface area contributed by atoms with Crippen molar-refractivity contribution in [3.63, 3.8) is 0 Å². The van der Waals surface area contributed by atoms with Crippen molar-refractivity contribution in [1.29, 1.82) is 0 Å². The number of hydrogen-bond acceptors (Lipinski definition) is 8. The number of rotatable bonds is 0. The Morgan fingerprint density at radius 3 is 0.800 bits per heavy atom. The van der Waals surface area contributed by atoms with E-state index in [-0.39, 0.29) is 18.9 Å². The zero-order chi connectivity index (χ0) is 17.1. The first-order chi connectivity index (χ1) is 7.73. The van der Waals surface area contributed by atoms with Gasteiger partial charge in [0.2, 0.25) is 0 Å². The zero-order valence-electron chi connectivity index (χ0n) is 10.8. The van der Waals surface area contributed by atoms with E-state index in [1.54, 1.807) is 0 Å². The van der Waals surface area contributed by atoms with Gasteiger partial charge in [0.15, 0.2) is 0 Å². The molecule has 0 aromatic heterocycles. The van der Waals surface area contributed by atoms with Crippen LogP contribution in [0.25, 0.3) is 0 Å². The third-order valence-electron chi connectivity index (χ3n) is 0. The molecule has 0 bridgehead atoms. The minimum atomic E-state index is -3.67. The van der Waals surface area contributed by atoms with E-state index in [2.05, 4.69) is 0 Å². The summed E-state index contributed by atoms with van der Waals surface area (Å²) < 4.78 is 87.6. The normalized spacial score (nSPS) is 10.1. The maximum atomic E-state index is 10.0. The van der Waals surface area contributed by atoms with Crippen molar-refractivity contribution in [3.8, 4) is 0 Å². The van der Waals surface area contributed by atoms with Crippen LogP contribution in [0.4, 0.5) is 4.32 Å². The topological polar surface area (TPSA) is 206 Å². The molecule has 0 rings (SSSR count). The summed E-state index contributed by atoms with van der Waals surface area (Å²) >= 11 is 0. The molecule has 4 N–H and O–H groups in total. The summed E-state index contributed by atoms with van der Waals surface area (Å²) in [5.74, 6) is 0. The predicted molar refractivity (Wildman–Crippen MR) is 61.5 cm³/mol. The van der Waals surface area contributed by atoms with Crippen molar-refractivity contribution < 1.29 is 72.1 Å². The van der Waals surface area contributed by atoms with Crippen LogP contribution in [-0.2, 0) is 30.4 Å². The Labute approximate surface area is 128 Å². The zero-order valence-corrected chi connectivity index (χ0v) is 13.3. The summed E-state index contributed by atoms with van der Waals surface area (Å²) in [4.78, 5) is 0. The van der Waals surface area contributed by atoms with Gasteiger partial charge in [0.05, 0.1) is 18.8 Å². The molecule has 0 aliphatic rings. The van der Waals surface area contributed by atoms with Gasteiger partial charge in [-0.25, -0.2) is 0 Å². The summed E-state index contributed by atoms with van der Waals surface area (Å²) in [6.07, 6.45) is 2.15. The number of hydrogen-bond donors (Lipinski definition) is 4. The van der Waals surface area contributed by atoms with Gasteiger partial charge in [0, 0.05) is 0 Å². The Morgan fingerprint density at radius 1 is 0.800 bits per heavy atom. The molecule has 0 radical (unpaired) electrons. The standard InChI is InChI=1S/3CH4O3S.BFHO2.Li/c3*1-5(2,3)4;2-1(3)4;/h3*1H3,(H,2,3,4);3H;/q;;;-1;+1. The van der Waals surface area contributed by atoms with E-state index in [9.17, 15) is 29.6 Å². The molecule has 0 atom stereocenters. The van der Waals surface area contributed by atoms with Gasteiger partial charge in [-0.05, 0) is 0 Å². The van der Waals surface area contributed by atoms with E-state index in [1.807, 2.05) is 0 Å². The fraction of sp³-hybridized carbons (Fsp3) is 1.00. The van der Waals surface area contributed by atoms with Gasteiger partial charge in [0.1, 0.15) is 0 Å². The van der Waals surface area contributed by atoms with Gasteiger partial charge in [-0.3, -0.25) is 13.7 Å². The maximum absolute atomic E-state index is 10.0. The van der Waals surface area contributed by atoms with Crippen LogP contribution in [0.15, 0.2) is 0 Å². The molecule has 20 heavy (non-hydrogen) atoms. The van der Waals surface area contributed by atoms with E-state index in [4.69, 9.17) is 23.7 Å². The quantitative estimate of drug-likeness (QED) is 0.236. The van der Waals surface area contributed by atoms with Crippen molar-refractivity contribution >= 4 is 37.7 Å². The molecule has 0 aromatic rings. The largest absolute Gasteiger partial charge is 1.00 e. The SMILES string of the molecule is CS(=O)(=O)O.CS(=O)(=O)O.CS(=O)(=O)O.[Li+].[O-]B(O)F. The molecule has 0 fully saturated rings. The molecule has 17 heteroatoms. The predicted octanol–water partition coefficient (Wildman–Crippen LogP) is -6.19. The minimum Gasteiger partial charge on any atom is -0.828 e. The molecule has 0 saturated carbocycles. The van der Waals surface area contributed by atoms with E-state index >= 15 is 0 Å². The Hall–Kier alpha value is 0.242. The summed E-state index contributed by atoms with van der Waals surface area (Å²) in [6.45, 7) is 0. The summed E-state index contributed by atoms with van der Waals surface area (Å²) in [5.41, 5.74) is 0. The van der Waals surface area contributed by atoms with Gasteiger partial charge in [-0.15, -0.1) is 0 Å². The fourth-order valence-corrected chi connectivity index (χ4v) is 0. The van der Waals surface area contributed by atoms with Crippen LogP contribution in [0, 0.1) is 0 Å². The number of halogens is 1. The molecule has 120 valence electrons. The van der Waals surface area contributed by atoms with Crippen molar-refractivity contribution in [2.45, 2.75) is 0 Å². The monoisotopic (exact) mass is 358 g/mol. The Balaban J connectivity index is -0.0000000494. The van der Waals surface area contributed by atoms with Crippen LogP contribution in [-0.4, -0.2) is 70.1 Å². The average Bonchev–Trinajstić information content (AvgIpc) is 1.66. The van der Waals surface area contributed by atoms with E-state index in [0.717, 1.165) is 0 Å². The van der Waals surface area contributed by atoms with Crippen LogP contribution < -0.4 is 23.9 Å². The molecule has 11 nitrogen and oxygen atoms in total. The van der Waals surface area contributed by atoms with Crippen LogP contribution in [0.3, 0.4) is 0 Å². The molecule has 0 aliphatic carbocycles. The van der Waals surface area contributed by atoms with Crippen LogP contribution in [0.2, 0.25) is 0 Å². The maximum Gasteiger partial charge on any atom is 1.00 e. The van der Waals surface area contributed by atoms with E-state index in [1.165, 1.54) is 0 Å². The van der Waals surface area contributed by atoms with Crippen molar-refractivity contribution in [2.24, 2.45) is 0 Å². The smallest absolute Gasteiger partial charge is 0.828 e. The molecule has 0 unspecified atom stereocenters. The molecule has 0 spiro atoms. The van der Waals surface area contributed by atoms with Gasteiger partial charge in [-0.2, -0.15) is 25.3 Å². The molecule has 0 aliphatic heterocycles.